The lowest BCUT2D eigenvalue weighted by molar-refractivity contribution is 0.582. The van der Waals surface area contributed by atoms with Crippen LogP contribution >= 0.6 is 23.2 Å². The van der Waals surface area contributed by atoms with Gasteiger partial charge in [0, 0.05) is 22.0 Å². The predicted molar refractivity (Wildman–Crippen MR) is 94.4 cm³/mol. The maximum absolute atomic E-state index is 12.6. The largest absolute Gasteiger partial charge is 0.241 e. The number of hydrogen-bond acceptors (Lipinski definition) is 2. The Kier molecular flexibility index (Phi) is 4.60. The first-order chi connectivity index (χ1) is 11.0. The zero-order valence-corrected chi connectivity index (χ0v) is 14.3. The molecule has 0 radical (unpaired) electrons. The molecule has 1 N–H and O–H groups in total. The van der Waals surface area contributed by atoms with Gasteiger partial charge in [-0.15, -0.1) is 0 Å². The second-order valence-electron chi connectivity index (χ2n) is 5.08. The normalized spacial score (nSPS) is 11.7. The topological polar surface area (TPSA) is 46.2 Å². The SMILES string of the molecule is O=S(=O)(NCc1cc(Cl)cc(Cl)c1)c1cccc2ccccc12. The van der Waals surface area contributed by atoms with Crippen molar-refractivity contribution in [3.8, 4) is 0 Å². The lowest BCUT2D eigenvalue weighted by Gasteiger charge is -2.10. The Morgan fingerprint density at radius 3 is 2.26 bits per heavy atom. The molecule has 118 valence electrons. The number of nitrogens with one attached hydrogen (secondary N) is 1. The van der Waals surface area contributed by atoms with E-state index < -0.39 is 10.0 Å². The van der Waals surface area contributed by atoms with Crippen LogP contribution in [0, 0.1) is 0 Å². The summed E-state index contributed by atoms with van der Waals surface area (Å²) < 4.78 is 27.8. The third-order valence-corrected chi connectivity index (χ3v) is 5.32. The van der Waals surface area contributed by atoms with Gasteiger partial charge in [-0.1, -0.05) is 59.6 Å². The highest BCUT2D eigenvalue weighted by molar-refractivity contribution is 7.89. The highest BCUT2D eigenvalue weighted by atomic mass is 35.5. The molecule has 0 aromatic heterocycles. The Hall–Kier alpha value is -1.59. The molecule has 0 aliphatic carbocycles. The Morgan fingerprint density at radius 2 is 1.52 bits per heavy atom. The fourth-order valence-electron chi connectivity index (χ4n) is 2.40. The third kappa shape index (κ3) is 3.67. The molecule has 0 heterocycles. The average Bonchev–Trinajstić information content (AvgIpc) is 2.52. The van der Waals surface area contributed by atoms with E-state index in [9.17, 15) is 8.42 Å². The van der Waals surface area contributed by atoms with Gasteiger partial charge in [0.05, 0.1) is 4.90 Å². The molecule has 3 nitrogen and oxygen atoms in total. The molecule has 0 saturated heterocycles. The smallest absolute Gasteiger partial charge is 0.207 e. The maximum atomic E-state index is 12.6. The van der Waals surface area contributed by atoms with Crippen LogP contribution in [0.1, 0.15) is 5.56 Å². The molecule has 6 heteroatoms. The molecule has 0 unspecified atom stereocenters. The maximum Gasteiger partial charge on any atom is 0.241 e. The van der Waals surface area contributed by atoms with Crippen LogP contribution in [0.2, 0.25) is 10.0 Å². The summed E-state index contributed by atoms with van der Waals surface area (Å²) in [5.41, 5.74) is 0.700. The van der Waals surface area contributed by atoms with Gasteiger partial charge in [-0.05, 0) is 35.2 Å². The van der Waals surface area contributed by atoms with Gasteiger partial charge in [0.2, 0.25) is 10.0 Å². The summed E-state index contributed by atoms with van der Waals surface area (Å²) in [6, 6.07) is 17.5. The first-order valence-corrected chi connectivity index (χ1v) is 9.12. The van der Waals surface area contributed by atoms with Crippen LogP contribution in [0.15, 0.2) is 65.6 Å². The fourth-order valence-corrected chi connectivity index (χ4v) is 4.22. The van der Waals surface area contributed by atoms with Crippen molar-refractivity contribution in [1.29, 1.82) is 0 Å². The summed E-state index contributed by atoms with van der Waals surface area (Å²) in [7, 11) is -3.65. The lowest BCUT2D eigenvalue weighted by atomic mass is 10.1. The number of rotatable bonds is 4. The van der Waals surface area contributed by atoms with Gasteiger partial charge in [-0.2, -0.15) is 0 Å². The molecule has 0 bridgehead atoms. The minimum absolute atomic E-state index is 0.117. The van der Waals surface area contributed by atoms with Crippen LogP contribution < -0.4 is 4.72 Å². The fraction of sp³-hybridized carbons (Fsp3) is 0.0588. The molecule has 3 aromatic rings. The molecule has 0 atom stereocenters. The monoisotopic (exact) mass is 365 g/mol. The van der Waals surface area contributed by atoms with Crippen LogP contribution in [0.4, 0.5) is 0 Å². The highest BCUT2D eigenvalue weighted by Gasteiger charge is 2.16. The third-order valence-electron chi connectivity index (χ3n) is 3.43. The molecular formula is C17H13Cl2NO2S. The Balaban J connectivity index is 1.92. The Labute approximate surface area is 144 Å². The molecule has 0 amide bonds. The van der Waals surface area contributed by atoms with E-state index in [1.165, 1.54) is 0 Å². The molecular weight excluding hydrogens is 353 g/mol. The molecule has 3 rings (SSSR count). The van der Waals surface area contributed by atoms with E-state index in [0.29, 0.717) is 21.0 Å². The average molecular weight is 366 g/mol. The van der Waals surface area contributed by atoms with Crippen LogP contribution in [-0.2, 0) is 16.6 Å². The number of sulfonamides is 1. The molecule has 0 aliphatic heterocycles. The van der Waals surface area contributed by atoms with E-state index in [1.54, 1.807) is 36.4 Å². The van der Waals surface area contributed by atoms with Crippen molar-refractivity contribution in [2.75, 3.05) is 0 Å². The second-order valence-corrected chi connectivity index (χ2v) is 7.69. The van der Waals surface area contributed by atoms with E-state index in [1.807, 2.05) is 24.3 Å². The van der Waals surface area contributed by atoms with Crippen molar-refractivity contribution in [3.05, 3.63) is 76.3 Å². The van der Waals surface area contributed by atoms with Crippen molar-refractivity contribution in [3.63, 3.8) is 0 Å². The molecule has 3 aromatic carbocycles. The second kappa shape index (κ2) is 6.49. The minimum Gasteiger partial charge on any atom is -0.207 e. The van der Waals surface area contributed by atoms with E-state index in [0.717, 1.165) is 5.39 Å². The van der Waals surface area contributed by atoms with Crippen molar-refractivity contribution in [1.82, 2.24) is 4.72 Å². The number of benzene rings is 3. The van der Waals surface area contributed by atoms with Gasteiger partial charge in [-0.25, -0.2) is 13.1 Å². The lowest BCUT2D eigenvalue weighted by Crippen LogP contribution is -2.23. The van der Waals surface area contributed by atoms with Crippen molar-refractivity contribution >= 4 is 44.0 Å². The standard InChI is InChI=1S/C17H13Cl2NO2S/c18-14-8-12(9-15(19)10-14)11-20-23(21,22)17-7-3-5-13-4-1-2-6-16(13)17/h1-10,20H,11H2. The van der Waals surface area contributed by atoms with E-state index in [-0.39, 0.29) is 11.4 Å². The Morgan fingerprint density at radius 1 is 0.870 bits per heavy atom. The molecule has 23 heavy (non-hydrogen) atoms. The van der Waals surface area contributed by atoms with Gasteiger partial charge >= 0.3 is 0 Å². The quantitative estimate of drug-likeness (QED) is 0.732. The minimum atomic E-state index is -3.65. The van der Waals surface area contributed by atoms with Gasteiger partial charge in [0.25, 0.3) is 0 Å². The summed E-state index contributed by atoms with van der Waals surface area (Å²) in [6.07, 6.45) is 0. The predicted octanol–water partition coefficient (Wildman–Crippen LogP) is 4.63. The van der Waals surface area contributed by atoms with Gasteiger partial charge in [0.1, 0.15) is 0 Å². The highest BCUT2D eigenvalue weighted by Crippen LogP contribution is 2.23. The number of hydrogen-bond donors (Lipinski definition) is 1. The first-order valence-electron chi connectivity index (χ1n) is 6.88. The van der Waals surface area contributed by atoms with Gasteiger partial charge in [-0.3, -0.25) is 0 Å². The van der Waals surface area contributed by atoms with Crippen molar-refractivity contribution in [2.45, 2.75) is 11.4 Å². The first kappa shape index (κ1) is 16.3. The van der Waals surface area contributed by atoms with E-state index in [4.69, 9.17) is 23.2 Å². The molecule has 0 fully saturated rings. The van der Waals surface area contributed by atoms with Gasteiger partial charge in [0.15, 0.2) is 0 Å². The van der Waals surface area contributed by atoms with Crippen LogP contribution in [0.25, 0.3) is 10.8 Å². The van der Waals surface area contributed by atoms with Crippen LogP contribution in [0.5, 0.6) is 0 Å². The number of halogens is 2. The summed E-state index contributed by atoms with van der Waals surface area (Å²) in [6.45, 7) is 0.117. The zero-order chi connectivity index (χ0) is 16.4. The molecule has 0 spiro atoms. The molecule has 0 saturated carbocycles. The van der Waals surface area contributed by atoms with Gasteiger partial charge < -0.3 is 0 Å². The summed E-state index contributed by atoms with van der Waals surface area (Å²) in [5, 5.41) is 2.50. The molecule has 0 aliphatic rings. The zero-order valence-electron chi connectivity index (χ0n) is 12.0. The summed E-state index contributed by atoms with van der Waals surface area (Å²) in [4.78, 5) is 0.253. The summed E-state index contributed by atoms with van der Waals surface area (Å²) in [5.74, 6) is 0. The summed E-state index contributed by atoms with van der Waals surface area (Å²) >= 11 is 11.9. The van der Waals surface area contributed by atoms with Crippen molar-refractivity contribution in [2.24, 2.45) is 0 Å². The number of fused-ring (bicyclic) bond motifs is 1. The van der Waals surface area contributed by atoms with E-state index >= 15 is 0 Å². The van der Waals surface area contributed by atoms with Crippen LogP contribution in [-0.4, -0.2) is 8.42 Å². The van der Waals surface area contributed by atoms with E-state index in [2.05, 4.69) is 4.72 Å². The van der Waals surface area contributed by atoms with Crippen molar-refractivity contribution < 1.29 is 8.42 Å². The Bertz CT molecular complexity index is 946. The van der Waals surface area contributed by atoms with Crippen LogP contribution in [0.3, 0.4) is 0 Å².